The van der Waals surface area contributed by atoms with Crippen LogP contribution in [-0.4, -0.2) is 26.5 Å². The number of nitrogens with zero attached hydrogens (tertiary/aromatic N) is 1. The molecular weight excluding hydrogens is 285 g/mol. The highest BCUT2D eigenvalue weighted by molar-refractivity contribution is 7.89. The molecule has 6 nitrogen and oxygen atoms in total. The lowest BCUT2D eigenvalue weighted by molar-refractivity contribution is -0.137. The van der Waals surface area contributed by atoms with Gasteiger partial charge >= 0.3 is 6.18 Å². The van der Waals surface area contributed by atoms with E-state index in [1.165, 1.54) is 0 Å². The van der Waals surface area contributed by atoms with Crippen LogP contribution in [0.15, 0.2) is 17.2 Å². The number of primary sulfonamides is 1. The molecule has 0 fully saturated rings. The van der Waals surface area contributed by atoms with Gasteiger partial charge in [-0.3, -0.25) is 0 Å². The van der Waals surface area contributed by atoms with Crippen LogP contribution in [0.4, 0.5) is 19.0 Å². The van der Waals surface area contributed by atoms with Crippen molar-refractivity contribution in [2.45, 2.75) is 17.5 Å². The van der Waals surface area contributed by atoms with Crippen LogP contribution in [0, 0.1) is 0 Å². The van der Waals surface area contributed by atoms with Crippen molar-refractivity contribution in [2.75, 3.05) is 18.4 Å². The number of anilines is 1. The first-order valence-electron chi connectivity index (χ1n) is 5.20. The van der Waals surface area contributed by atoms with Gasteiger partial charge in [-0.25, -0.2) is 18.5 Å². The summed E-state index contributed by atoms with van der Waals surface area (Å²) >= 11 is 0. The molecule has 0 saturated carbocycles. The van der Waals surface area contributed by atoms with E-state index in [9.17, 15) is 21.6 Å². The summed E-state index contributed by atoms with van der Waals surface area (Å²) < 4.78 is 60.4. The van der Waals surface area contributed by atoms with E-state index in [-0.39, 0.29) is 6.54 Å². The molecule has 108 valence electrons. The van der Waals surface area contributed by atoms with Crippen LogP contribution < -0.4 is 16.2 Å². The molecule has 0 amide bonds. The van der Waals surface area contributed by atoms with Crippen molar-refractivity contribution in [3.8, 4) is 0 Å². The molecular formula is C9H13F3N4O2S. The number of rotatable bonds is 5. The van der Waals surface area contributed by atoms with Crippen molar-refractivity contribution >= 4 is 15.8 Å². The Morgan fingerprint density at radius 3 is 2.47 bits per heavy atom. The van der Waals surface area contributed by atoms with Crippen molar-refractivity contribution in [3.05, 3.63) is 17.8 Å². The highest BCUT2D eigenvalue weighted by atomic mass is 32.2. The summed E-state index contributed by atoms with van der Waals surface area (Å²) in [5.41, 5.74) is 4.04. The molecule has 10 heteroatoms. The molecule has 1 heterocycles. The summed E-state index contributed by atoms with van der Waals surface area (Å²) in [6.45, 7) is 0.505. The third-order valence-corrected chi connectivity index (χ3v) is 3.05. The lowest BCUT2D eigenvalue weighted by Gasteiger charge is -2.14. The van der Waals surface area contributed by atoms with E-state index < -0.39 is 32.5 Å². The Bertz CT molecular complexity index is 545. The van der Waals surface area contributed by atoms with Crippen LogP contribution in [0.1, 0.15) is 12.0 Å². The predicted molar refractivity (Wildman–Crippen MR) is 62.8 cm³/mol. The minimum atomic E-state index is -4.74. The van der Waals surface area contributed by atoms with Gasteiger partial charge in [0.2, 0.25) is 10.0 Å². The molecule has 1 aromatic rings. The van der Waals surface area contributed by atoms with Gasteiger partial charge in [-0.2, -0.15) is 13.2 Å². The van der Waals surface area contributed by atoms with Gasteiger partial charge in [0, 0.05) is 12.7 Å². The van der Waals surface area contributed by atoms with E-state index in [2.05, 4.69) is 10.3 Å². The lowest BCUT2D eigenvalue weighted by atomic mass is 10.2. The summed E-state index contributed by atoms with van der Waals surface area (Å²) in [5.74, 6) is -0.451. The zero-order valence-corrected chi connectivity index (χ0v) is 10.6. The monoisotopic (exact) mass is 298 g/mol. The molecule has 0 radical (unpaired) electrons. The molecule has 0 bridgehead atoms. The largest absolute Gasteiger partial charge is 0.419 e. The van der Waals surface area contributed by atoms with Gasteiger partial charge in [-0.1, -0.05) is 0 Å². The second-order valence-corrected chi connectivity index (χ2v) is 5.24. The number of alkyl halides is 3. The number of hydrogen-bond donors (Lipinski definition) is 3. The minimum Gasteiger partial charge on any atom is -0.370 e. The average Bonchev–Trinajstić information content (AvgIpc) is 2.27. The fourth-order valence-electron chi connectivity index (χ4n) is 1.27. The zero-order valence-electron chi connectivity index (χ0n) is 9.74. The van der Waals surface area contributed by atoms with Crippen LogP contribution in [-0.2, 0) is 16.2 Å². The summed E-state index contributed by atoms with van der Waals surface area (Å²) in [6, 6.07) is 0.452. The third kappa shape index (κ3) is 4.33. The second kappa shape index (κ2) is 5.72. The van der Waals surface area contributed by atoms with E-state index in [1.807, 2.05) is 0 Å². The Hall–Kier alpha value is -1.39. The quantitative estimate of drug-likeness (QED) is 0.686. The first kappa shape index (κ1) is 15.7. The maximum atomic E-state index is 12.8. The fraction of sp³-hybridized carbons (Fsp3) is 0.444. The molecule has 19 heavy (non-hydrogen) atoms. The van der Waals surface area contributed by atoms with Crippen LogP contribution in [0.2, 0.25) is 0 Å². The molecule has 0 spiro atoms. The normalized spacial score (nSPS) is 12.5. The summed E-state index contributed by atoms with van der Waals surface area (Å²) in [4.78, 5) is 2.76. The molecule has 1 aromatic heterocycles. The van der Waals surface area contributed by atoms with Crippen molar-refractivity contribution in [2.24, 2.45) is 10.9 Å². The zero-order chi connectivity index (χ0) is 14.7. The van der Waals surface area contributed by atoms with Crippen LogP contribution in [0.3, 0.4) is 0 Å². The van der Waals surface area contributed by atoms with Gasteiger partial charge in [0.15, 0.2) is 0 Å². The molecule has 5 N–H and O–H groups in total. The topological polar surface area (TPSA) is 111 Å². The van der Waals surface area contributed by atoms with Gasteiger partial charge in [0.25, 0.3) is 0 Å². The standard InChI is InChI=1S/C9H13F3N4O2S/c10-9(11,12)7-4-6(19(14,17)18)5-16-8(7)15-3-1-2-13/h4-5H,1-3,13H2,(H,15,16)(H2,14,17,18). The van der Waals surface area contributed by atoms with E-state index >= 15 is 0 Å². The highest BCUT2D eigenvalue weighted by Crippen LogP contribution is 2.34. The summed E-state index contributed by atoms with van der Waals surface area (Å²) in [7, 11) is -4.24. The minimum absolute atomic E-state index is 0.196. The molecule has 0 unspecified atom stereocenters. The van der Waals surface area contributed by atoms with E-state index in [0.717, 1.165) is 6.20 Å². The van der Waals surface area contributed by atoms with Crippen LogP contribution in [0.25, 0.3) is 0 Å². The highest BCUT2D eigenvalue weighted by Gasteiger charge is 2.35. The molecule has 0 aliphatic heterocycles. The van der Waals surface area contributed by atoms with Gasteiger partial charge in [0.05, 0.1) is 5.56 Å². The molecule has 0 aliphatic rings. The first-order chi connectivity index (χ1) is 8.66. The van der Waals surface area contributed by atoms with Gasteiger partial charge in [-0.05, 0) is 19.0 Å². The molecule has 0 aliphatic carbocycles. The van der Waals surface area contributed by atoms with E-state index in [4.69, 9.17) is 10.9 Å². The van der Waals surface area contributed by atoms with Gasteiger partial charge in [-0.15, -0.1) is 0 Å². The number of nitrogens with one attached hydrogen (secondary N) is 1. The number of hydrogen-bond acceptors (Lipinski definition) is 5. The molecule has 0 saturated heterocycles. The predicted octanol–water partition coefficient (Wildman–Crippen LogP) is 0.509. The van der Waals surface area contributed by atoms with Crippen LogP contribution >= 0.6 is 0 Å². The average molecular weight is 298 g/mol. The molecule has 0 atom stereocenters. The second-order valence-electron chi connectivity index (χ2n) is 3.68. The van der Waals surface area contributed by atoms with Crippen molar-refractivity contribution in [1.82, 2.24) is 4.98 Å². The van der Waals surface area contributed by atoms with Crippen molar-refractivity contribution in [3.63, 3.8) is 0 Å². The van der Waals surface area contributed by atoms with Crippen molar-refractivity contribution < 1.29 is 21.6 Å². The number of halogens is 3. The first-order valence-corrected chi connectivity index (χ1v) is 6.75. The maximum absolute atomic E-state index is 12.8. The lowest BCUT2D eigenvalue weighted by Crippen LogP contribution is -2.18. The Balaban J connectivity index is 3.18. The Kier molecular flexibility index (Phi) is 4.71. The number of nitrogens with two attached hydrogens (primary N) is 2. The van der Waals surface area contributed by atoms with Crippen molar-refractivity contribution in [1.29, 1.82) is 0 Å². The smallest absolute Gasteiger partial charge is 0.370 e. The number of aromatic nitrogens is 1. The fourth-order valence-corrected chi connectivity index (χ4v) is 1.75. The third-order valence-electron chi connectivity index (χ3n) is 2.17. The Morgan fingerprint density at radius 2 is 2.00 bits per heavy atom. The Morgan fingerprint density at radius 1 is 1.37 bits per heavy atom. The maximum Gasteiger partial charge on any atom is 0.419 e. The molecule has 0 aromatic carbocycles. The summed E-state index contributed by atoms with van der Waals surface area (Å²) in [5, 5.41) is 7.22. The van der Waals surface area contributed by atoms with Gasteiger partial charge < -0.3 is 11.1 Å². The van der Waals surface area contributed by atoms with E-state index in [1.54, 1.807) is 0 Å². The van der Waals surface area contributed by atoms with Crippen LogP contribution in [0.5, 0.6) is 0 Å². The number of pyridine rings is 1. The van der Waals surface area contributed by atoms with E-state index in [0.29, 0.717) is 19.0 Å². The SMILES string of the molecule is NCCCNc1ncc(S(N)(=O)=O)cc1C(F)(F)F. The number of sulfonamides is 1. The summed E-state index contributed by atoms with van der Waals surface area (Å²) in [6.07, 6.45) is -3.51. The van der Waals surface area contributed by atoms with Gasteiger partial charge in [0.1, 0.15) is 10.7 Å². The Labute approximate surface area is 108 Å². The molecule has 1 rings (SSSR count).